The van der Waals surface area contributed by atoms with Gasteiger partial charge in [-0.25, -0.2) is 0 Å². The number of carbonyl (C=O) groups excluding carboxylic acids is 1. The largest absolute Gasteiger partial charge is 0.506 e. The second-order valence-electron chi connectivity index (χ2n) is 4.79. The summed E-state index contributed by atoms with van der Waals surface area (Å²) in [5, 5.41) is 10.3. The van der Waals surface area contributed by atoms with Crippen molar-refractivity contribution in [2.24, 2.45) is 0 Å². The van der Waals surface area contributed by atoms with Crippen LogP contribution in [0.3, 0.4) is 0 Å². The summed E-state index contributed by atoms with van der Waals surface area (Å²) < 4.78 is 15.7. The molecule has 0 fully saturated rings. The van der Waals surface area contributed by atoms with Gasteiger partial charge in [-0.2, -0.15) is 0 Å². The summed E-state index contributed by atoms with van der Waals surface area (Å²) >= 11 is 3.21. The molecule has 0 aliphatic rings. The summed E-state index contributed by atoms with van der Waals surface area (Å²) in [4.78, 5) is 12.5. The normalized spacial score (nSPS) is 10.7. The first kappa shape index (κ1) is 17.9. The lowest BCUT2D eigenvalue weighted by molar-refractivity contribution is 0.104. The number of benzene rings is 2. The Hall–Kier alpha value is -2.47. The number of ether oxygens (including phenoxy) is 3. The van der Waals surface area contributed by atoms with E-state index in [1.807, 2.05) is 12.1 Å². The van der Waals surface area contributed by atoms with E-state index >= 15 is 0 Å². The Labute approximate surface area is 148 Å². The van der Waals surface area contributed by atoms with Crippen LogP contribution in [0.5, 0.6) is 23.0 Å². The van der Waals surface area contributed by atoms with E-state index < -0.39 is 0 Å². The third-order valence-corrected chi connectivity index (χ3v) is 4.17. The second-order valence-corrected chi connectivity index (χ2v) is 5.58. The van der Waals surface area contributed by atoms with Crippen LogP contribution in [0.15, 0.2) is 40.9 Å². The predicted octanol–water partition coefficient (Wildman–Crippen LogP) is 4.08. The molecule has 0 saturated carbocycles. The summed E-state index contributed by atoms with van der Waals surface area (Å²) in [6, 6.07) is 8.78. The molecule has 2 aromatic carbocycles. The van der Waals surface area contributed by atoms with Gasteiger partial charge in [0.1, 0.15) is 33.0 Å². The van der Waals surface area contributed by atoms with Crippen molar-refractivity contribution < 1.29 is 24.1 Å². The Balaban J connectivity index is 2.34. The molecule has 2 aromatic rings. The molecule has 0 amide bonds. The van der Waals surface area contributed by atoms with E-state index in [-0.39, 0.29) is 22.8 Å². The number of aromatic hydroxyl groups is 1. The minimum absolute atomic E-state index is 0.0648. The first-order chi connectivity index (χ1) is 11.5. The molecule has 0 unspecified atom stereocenters. The molecule has 126 valence electrons. The molecule has 24 heavy (non-hydrogen) atoms. The zero-order valence-corrected chi connectivity index (χ0v) is 15.1. The van der Waals surface area contributed by atoms with Gasteiger partial charge in [0, 0.05) is 6.07 Å². The molecule has 5 nitrogen and oxygen atoms in total. The van der Waals surface area contributed by atoms with Gasteiger partial charge in [-0.3, -0.25) is 4.79 Å². The standard InChI is InChI=1S/C18H17BrO5/c1-22-12-7-4-11(5-8-12)6-9-13(20)16-14(23-2)10-15(24-3)17(19)18(16)21/h4-10,21H,1-3H3/b9-6+. The van der Waals surface area contributed by atoms with E-state index in [9.17, 15) is 9.90 Å². The molecule has 0 heterocycles. The van der Waals surface area contributed by atoms with Crippen LogP contribution < -0.4 is 14.2 Å². The number of hydrogen-bond donors (Lipinski definition) is 1. The van der Waals surface area contributed by atoms with Gasteiger partial charge in [0.25, 0.3) is 0 Å². The van der Waals surface area contributed by atoms with Gasteiger partial charge in [0.15, 0.2) is 5.78 Å². The number of ketones is 1. The molecule has 6 heteroatoms. The molecule has 0 aliphatic carbocycles. The van der Waals surface area contributed by atoms with E-state index in [0.29, 0.717) is 10.2 Å². The minimum atomic E-state index is -0.386. The molecule has 1 N–H and O–H groups in total. The lowest BCUT2D eigenvalue weighted by Gasteiger charge is -2.13. The van der Waals surface area contributed by atoms with Crippen LogP contribution in [0, 0.1) is 0 Å². The average molecular weight is 393 g/mol. The number of allylic oxidation sites excluding steroid dienone is 1. The molecule has 0 saturated heterocycles. The summed E-state index contributed by atoms with van der Waals surface area (Å²) in [5.74, 6) is 0.730. The van der Waals surface area contributed by atoms with Gasteiger partial charge < -0.3 is 19.3 Å². The Morgan fingerprint density at radius 1 is 1.04 bits per heavy atom. The fourth-order valence-corrected chi connectivity index (χ4v) is 2.59. The summed E-state index contributed by atoms with van der Waals surface area (Å²) in [7, 11) is 4.47. The van der Waals surface area contributed by atoms with Crippen LogP contribution in [0.25, 0.3) is 6.08 Å². The van der Waals surface area contributed by atoms with E-state index in [4.69, 9.17) is 14.2 Å². The van der Waals surface area contributed by atoms with Crippen LogP contribution in [-0.4, -0.2) is 32.2 Å². The molecule has 0 aromatic heterocycles. The van der Waals surface area contributed by atoms with Crippen LogP contribution >= 0.6 is 15.9 Å². The number of methoxy groups -OCH3 is 3. The molecule has 0 radical (unpaired) electrons. The quantitative estimate of drug-likeness (QED) is 0.592. The van der Waals surface area contributed by atoms with Crippen molar-refractivity contribution in [2.45, 2.75) is 0 Å². The highest BCUT2D eigenvalue weighted by atomic mass is 79.9. The third-order valence-electron chi connectivity index (χ3n) is 3.40. The van der Waals surface area contributed by atoms with Gasteiger partial charge in [0.05, 0.1) is 21.3 Å². The van der Waals surface area contributed by atoms with Gasteiger partial charge in [0.2, 0.25) is 0 Å². The minimum Gasteiger partial charge on any atom is -0.506 e. The van der Waals surface area contributed by atoms with Gasteiger partial charge in [-0.1, -0.05) is 18.2 Å². The molecule has 0 spiro atoms. The number of carbonyl (C=O) groups is 1. The number of phenolic OH excluding ortho intramolecular Hbond substituents is 1. The third kappa shape index (κ3) is 3.71. The van der Waals surface area contributed by atoms with Crippen LogP contribution in [0.2, 0.25) is 0 Å². The monoisotopic (exact) mass is 392 g/mol. The molecule has 0 aliphatic heterocycles. The second kappa shape index (κ2) is 7.88. The summed E-state index contributed by atoms with van der Waals surface area (Å²) in [5.41, 5.74) is 0.894. The highest BCUT2D eigenvalue weighted by molar-refractivity contribution is 9.10. The molecule has 0 atom stereocenters. The highest BCUT2D eigenvalue weighted by Gasteiger charge is 2.21. The smallest absolute Gasteiger partial charge is 0.193 e. The van der Waals surface area contributed by atoms with Gasteiger partial charge in [-0.15, -0.1) is 0 Å². The maximum atomic E-state index is 12.5. The zero-order chi connectivity index (χ0) is 17.7. The van der Waals surface area contributed by atoms with Gasteiger partial charge >= 0.3 is 0 Å². The predicted molar refractivity (Wildman–Crippen MR) is 95.3 cm³/mol. The zero-order valence-electron chi connectivity index (χ0n) is 13.5. The van der Waals surface area contributed by atoms with Crippen LogP contribution in [0.1, 0.15) is 15.9 Å². The topological polar surface area (TPSA) is 65.0 Å². The molecule has 2 rings (SSSR count). The van der Waals surface area contributed by atoms with Crippen molar-refractivity contribution in [1.29, 1.82) is 0 Å². The number of halogens is 1. The van der Waals surface area contributed by atoms with Crippen molar-refractivity contribution in [3.05, 3.63) is 52.0 Å². The number of phenols is 1. The van der Waals surface area contributed by atoms with E-state index in [2.05, 4.69) is 15.9 Å². The van der Waals surface area contributed by atoms with Crippen molar-refractivity contribution >= 4 is 27.8 Å². The maximum Gasteiger partial charge on any atom is 0.193 e. The van der Waals surface area contributed by atoms with E-state index in [0.717, 1.165) is 11.3 Å². The fraction of sp³-hybridized carbons (Fsp3) is 0.167. The first-order valence-corrected chi connectivity index (χ1v) is 7.81. The van der Waals surface area contributed by atoms with Gasteiger partial charge in [-0.05, 0) is 39.7 Å². The fourth-order valence-electron chi connectivity index (χ4n) is 2.12. The van der Waals surface area contributed by atoms with E-state index in [1.54, 1.807) is 25.3 Å². The first-order valence-electron chi connectivity index (χ1n) is 7.01. The maximum absolute atomic E-state index is 12.5. The van der Waals surface area contributed by atoms with Crippen molar-refractivity contribution in [2.75, 3.05) is 21.3 Å². The summed E-state index contributed by atoms with van der Waals surface area (Å²) in [6.45, 7) is 0. The average Bonchev–Trinajstić information content (AvgIpc) is 2.62. The Kier molecular flexibility index (Phi) is 5.87. The van der Waals surface area contributed by atoms with Crippen LogP contribution in [-0.2, 0) is 0 Å². The lowest BCUT2D eigenvalue weighted by Crippen LogP contribution is -2.01. The van der Waals surface area contributed by atoms with Crippen molar-refractivity contribution in [3.8, 4) is 23.0 Å². The lowest BCUT2D eigenvalue weighted by atomic mass is 10.1. The highest BCUT2D eigenvalue weighted by Crippen LogP contribution is 2.42. The Bertz CT molecular complexity index is 766. The van der Waals surface area contributed by atoms with Crippen molar-refractivity contribution in [3.63, 3.8) is 0 Å². The Morgan fingerprint density at radius 3 is 2.21 bits per heavy atom. The number of rotatable bonds is 6. The van der Waals surface area contributed by atoms with Crippen LogP contribution in [0.4, 0.5) is 0 Å². The van der Waals surface area contributed by atoms with E-state index in [1.165, 1.54) is 26.4 Å². The molecular weight excluding hydrogens is 376 g/mol. The molecular formula is C18H17BrO5. The summed E-state index contributed by atoms with van der Waals surface area (Å²) in [6.07, 6.45) is 3.02. The Morgan fingerprint density at radius 2 is 1.67 bits per heavy atom. The van der Waals surface area contributed by atoms with Crippen molar-refractivity contribution in [1.82, 2.24) is 0 Å². The number of hydrogen-bond acceptors (Lipinski definition) is 5. The SMILES string of the molecule is COc1ccc(/C=C/C(=O)c2c(OC)cc(OC)c(Br)c2O)cc1. The molecule has 0 bridgehead atoms.